The van der Waals surface area contributed by atoms with Gasteiger partial charge >= 0.3 is 0 Å². The molecular formula is C51H30N4S2. The summed E-state index contributed by atoms with van der Waals surface area (Å²) in [4.78, 5) is 15.1. The van der Waals surface area contributed by atoms with Crippen molar-refractivity contribution in [1.82, 2.24) is 19.5 Å². The van der Waals surface area contributed by atoms with Gasteiger partial charge in [-0.3, -0.25) is 0 Å². The maximum absolute atomic E-state index is 5.07. The van der Waals surface area contributed by atoms with Gasteiger partial charge in [-0.1, -0.05) is 133 Å². The monoisotopic (exact) mass is 762 g/mol. The molecule has 266 valence electrons. The predicted molar refractivity (Wildman–Crippen MR) is 242 cm³/mol. The van der Waals surface area contributed by atoms with E-state index in [4.69, 9.17) is 15.0 Å². The lowest BCUT2D eigenvalue weighted by molar-refractivity contribution is 1.08. The highest BCUT2D eigenvalue weighted by Gasteiger charge is 2.19. The van der Waals surface area contributed by atoms with Crippen LogP contribution in [0.3, 0.4) is 0 Å². The molecule has 8 aromatic carbocycles. The number of hydrogen-bond donors (Lipinski definition) is 0. The number of hydrogen-bond acceptors (Lipinski definition) is 5. The molecule has 0 atom stereocenters. The number of rotatable bonds is 5. The Bertz CT molecular complexity index is 3410. The summed E-state index contributed by atoms with van der Waals surface area (Å²) in [6, 6.07) is 64.9. The summed E-state index contributed by atoms with van der Waals surface area (Å²) in [5.74, 6) is 2.01. The van der Waals surface area contributed by atoms with Gasteiger partial charge in [0.2, 0.25) is 0 Å². The van der Waals surface area contributed by atoms with Crippen LogP contribution in [0.4, 0.5) is 0 Å². The molecule has 6 heteroatoms. The van der Waals surface area contributed by atoms with Crippen LogP contribution in [0.25, 0.3) is 113 Å². The number of aromatic nitrogens is 4. The average molecular weight is 763 g/mol. The summed E-state index contributed by atoms with van der Waals surface area (Å²) in [6.45, 7) is 0. The maximum atomic E-state index is 5.07. The fourth-order valence-electron chi connectivity index (χ4n) is 8.44. The van der Waals surface area contributed by atoms with Crippen molar-refractivity contribution in [3.63, 3.8) is 0 Å². The van der Waals surface area contributed by atoms with Crippen LogP contribution in [-0.2, 0) is 0 Å². The van der Waals surface area contributed by atoms with Gasteiger partial charge in [-0.15, -0.1) is 22.7 Å². The first kappa shape index (κ1) is 32.3. The lowest BCUT2D eigenvalue weighted by Gasteiger charge is -2.10. The summed E-state index contributed by atoms with van der Waals surface area (Å²) in [7, 11) is 0. The molecule has 0 saturated carbocycles. The van der Waals surface area contributed by atoms with Gasteiger partial charge in [0.05, 0.1) is 16.7 Å². The van der Waals surface area contributed by atoms with Crippen molar-refractivity contribution in [3.05, 3.63) is 182 Å². The quantitative estimate of drug-likeness (QED) is 0.175. The molecule has 0 unspecified atom stereocenters. The molecule has 0 amide bonds. The van der Waals surface area contributed by atoms with Crippen LogP contribution in [0.2, 0.25) is 0 Å². The summed E-state index contributed by atoms with van der Waals surface area (Å²) < 4.78 is 7.43. The summed E-state index contributed by atoms with van der Waals surface area (Å²) in [6.07, 6.45) is 0. The number of fused-ring (bicyclic) bond motifs is 9. The predicted octanol–water partition coefficient (Wildman–Crippen LogP) is 14.4. The summed E-state index contributed by atoms with van der Waals surface area (Å²) >= 11 is 3.67. The van der Waals surface area contributed by atoms with E-state index in [9.17, 15) is 0 Å². The van der Waals surface area contributed by atoms with Gasteiger partial charge in [0.15, 0.2) is 17.5 Å². The van der Waals surface area contributed by atoms with Crippen molar-refractivity contribution in [1.29, 1.82) is 0 Å². The molecule has 57 heavy (non-hydrogen) atoms. The van der Waals surface area contributed by atoms with Crippen molar-refractivity contribution in [2.75, 3.05) is 0 Å². The largest absolute Gasteiger partial charge is 0.309 e. The van der Waals surface area contributed by atoms with Crippen LogP contribution < -0.4 is 0 Å². The summed E-state index contributed by atoms with van der Waals surface area (Å²) in [5.41, 5.74) is 9.02. The lowest BCUT2D eigenvalue weighted by Crippen LogP contribution is -2.00. The summed E-state index contributed by atoms with van der Waals surface area (Å²) in [5, 5.41) is 7.57. The Kier molecular flexibility index (Phi) is 7.24. The van der Waals surface area contributed by atoms with Crippen LogP contribution in [0, 0.1) is 0 Å². The Hall–Kier alpha value is -6.99. The molecule has 0 fully saturated rings. The Morgan fingerprint density at radius 3 is 1.67 bits per heavy atom. The van der Waals surface area contributed by atoms with Crippen molar-refractivity contribution in [2.45, 2.75) is 0 Å². The average Bonchev–Trinajstić information content (AvgIpc) is 3.96. The van der Waals surface area contributed by atoms with E-state index < -0.39 is 0 Å². The minimum absolute atomic E-state index is 0.665. The highest BCUT2D eigenvalue weighted by atomic mass is 32.1. The van der Waals surface area contributed by atoms with E-state index in [1.807, 2.05) is 47.7 Å². The van der Waals surface area contributed by atoms with Crippen LogP contribution in [-0.4, -0.2) is 19.5 Å². The van der Waals surface area contributed by atoms with E-state index in [-0.39, 0.29) is 0 Å². The van der Waals surface area contributed by atoms with E-state index >= 15 is 0 Å². The zero-order chi connectivity index (χ0) is 37.5. The smallest absolute Gasteiger partial charge is 0.165 e. The number of thiophene rings is 2. The van der Waals surface area contributed by atoms with Crippen molar-refractivity contribution < 1.29 is 0 Å². The van der Waals surface area contributed by atoms with Gasteiger partial charge in [-0.25, -0.2) is 15.0 Å². The van der Waals surface area contributed by atoms with E-state index in [1.54, 1.807) is 11.3 Å². The van der Waals surface area contributed by atoms with E-state index in [0.29, 0.717) is 17.5 Å². The molecule has 0 N–H and O–H groups in total. The molecule has 4 nitrogen and oxygen atoms in total. The van der Waals surface area contributed by atoms with Crippen molar-refractivity contribution in [2.24, 2.45) is 0 Å². The molecule has 4 aromatic heterocycles. The zero-order valence-corrected chi connectivity index (χ0v) is 32.1. The van der Waals surface area contributed by atoms with Crippen LogP contribution in [0.1, 0.15) is 0 Å². The second-order valence-electron chi connectivity index (χ2n) is 14.4. The Morgan fingerprint density at radius 1 is 0.351 bits per heavy atom. The maximum Gasteiger partial charge on any atom is 0.165 e. The highest BCUT2D eigenvalue weighted by molar-refractivity contribution is 7.26. The topological polar surface area (TPSA) is 43.6 Å². The molecule has 12 rings (SSSR count). The Balaban J connectivity index is 0.985. The van der Waals surface area contributed by atoms with Gasteiger partial charge < -0.3 is 4.57 Å². The first-order valence-corrected chi connectivity index (χ1v) is 20.7. The third-order valence-corrected chi connectivity index (χ3v) is 13.4. The molecule has 4 heterocycles. The second kappa shape index (κ2) is 12.8. The fourth-order valence-corrected chi connectivity index (χ4v) is 10.8. The van der Waals surface area contributed by atoms with Crippen LogP contribution >= 0.6 is 22.7 Å². The second-order valence-corrected chi connectivity index (χ2v) is 16.5. The number of nitrogens with zero attached hydrogens (tertiary/aromatic N) is 4. The molecule has 0 radical (unpaired) electrons. The van der Waals surface area contributed by atoms with Gasteiger partial charge in [-0.2, -0.15) is 0 Å². The molecule has 0 aliphatic carbocycles. The van der Waals surface area contributed by atoms with Crippen molar-refractivity contribution in [3.8, 4) is 51.0 Å². The van der Waals surface area contributed by atoms with Gasteiger partial charge in [0.25, 0.3) is 0 Å². The number of para-hydroxylation sites is 2. The Labute approximate surface area is 335 Å². The Morgan fingerprint density at radius 2 is 0.947 bits per heavy atom. The molecule has 12 aromatic rings. The van der Waals surface area contributed by atoms with E-state index in [2.05, 4.69) is 150 Å². The SMILES string of the molecule is c1ccc(-c2nc(-c3ccccc3)nc(-c3cccc4c3sc3ccc(-c5ccc6c(c5)sc5cccc(-n7c8ccccc8c8ccccc87)c56)cc34)n2)cc1. The minimum Gasteiger partial charge on any atom is -0.309 e. The molecule has 0 spiro atoms. The molecular weight excluding hydrogens is 733 g/mol. The van der Waals surface area contributed by atoms with Gasteiger partial charge in [0, 0.05) is 67.8 Å². The number of benzene rings is 8. The third kappa shape index (κ3) is 5.15. The van der Waals surface area contributed by atoms with E-state index in [0.717, 1.165) is 16.7 Å². The fraction of sp³-hybridized carbons (Fsp3) is 0. The minimum atomic E-state index is 0.665. The van der Waals surface area contributed by atoms with E-state index in [1.165, 1.54) is 79.0 Å². The van der Waals surface area contributed by atoms with Gasteiger partial charge in [0.1, 0.15) is 0 Å². The van der Waals surface area contributed by atoms with Crippen LogP contribution in [0.15, 0.2) is 182 Å². The normalized spacial score (nSPS) is 11.9. The lowest BCUT2D eigenvalue weighted by atomic mass is 10.0. The van der Waals surface area contributed by atoms with Crippen LogP contribution in [0.5, 0.6) is 0 Å². The highest BCUT2D eigenvalue weighted by Crippen LogP contribution is 2.44. The zero-order valence-electron chi connectivity index (χ0n) is 30.4. The van der Waals surface area contributed by atoms with Gasteiger partial charge in [-0.05, 0) is 59.7 Å². The molecule has 0 aliphatic heterocycles. The molecule has 0 bridgehead atoms. The molecule has 0 saturated heterocycles. The third-order valence-electron chi connectivity index (χ3n) is 11.1. The molecule has 0 aliphatic rings. The standard InChI is InChI=1S/C51H30N4S2/c1-3-13-31(14-4-1)49-52-50(32-15-5-2-6-16-32)54-51(53-49)39-20-11-19-37-40-29-33(26-28-44(40)57-48(37)39)34-25-27-38-46(30-34)56-45-24-12-23-43(47(38)45)55-41-21-9-7-17-35(41)36-18-8-10-22-42(36)55/h1-30H. The van der Waals surface area contributed by atoms with Crippen molar-refractivity contribution >= 4 is 84.8 Å². The first-order valence-electron chi connectivity index (χ1n) is 19.0. The first-order chi connectivity index (χ1) is 28.2.